The van der Waals surface area contributed by atoms with Crippen molar-refractivity contribution in [3.63, 3.8) is 0 Å². The second kappa shape index (κ2) is 4.47. The quantitative estimate of drug-likeness (QED) is 0.777. The SMILES string of the molecule is Cc1cc(F)ccc1Oc1nc(N)nc2sccc12. The van der Waals surface area contributed by atoms with E-state index in [1.807, 2.05) is 11.4 Å². The number of nitrogens with two attached hydrogens (primary N) is 1. The lowest BCUT2D eigenvalue weighted by Gasteiger charge is -2.09. The summed E-state index contributed by atoms with van der Waals surface area (Å²) in [6, 6.07) is 6.19. The van der Waals surface area contributed by atoms with Gasteiger partial charge in [-0.3, -0.25) is 0 Å². The maximum absolute atomic E-state index is 13.1. The topological polar surface area (TPSA) is 61.0 Å². The molecule has 0 aliphatic rings. The Morgan fingerprint density at radius 3 is 2.89 bits per heavy atom. The van der Waals surface area contributed by atoms with Crippen LogP contribution in [0.3, 0.4) is 0 Å². The number of rotatable bonds is 2. The van der Waals surface area contributed by atoms with Gasteiger partial charge in [0.1, 0.15) is 16.4 Å². The largest absolute Gasteiger partial charge is 0.438 e. The Hall–Kier alpha value is -2.21. The molecule has 1 aromatic carbocycles. The van der Waals surface area contributed by atoms with Crippen LogP contribution in [0.4, 0.5) is 10.3 Å². The Kier molecular flexibility index (Phi) is 2.79. The van der Waals surface area contributed by atoms with Gasteiger partial charge in [-0.15, -0.1) is 11.3 Å². The molecule has 0 atom stereocenters. The number of benzene rings is 1. The number of aryl methyl sites for hydroxylation is 1. The van der Waals surface area contributed by atoms with Crippen LogP contribution in [0.5, 0.6) is 11.6 Å². The second-order valence-corrected chi connectivity index (χ2v) is 4.93. The number of thiophene rings is 1. The van der Waals surface area contributed by atoms with Gasteiger partial charge >= 0.3 is 0 Å². The van der Waals surface area contributed by atoms with Crippen molar-refractivity contribution in [2.24, 2.45) is 0 Å². The van der Waals surface area contributed by atoms with E-state index in [0.717, 1.165) is 10.2 Å². The average Bonchev–Trinajstić information content (AvgIpc) is 2.80. The minimum Gasteiger partial charge on any atom is -0.438 e. The Morgan fingerprint density at radius 2 is 2.11 bits per heavy atom. The van der Waals surface area contributed by atoms with Crippen molar-refractivity contribution >= 4 is 27.5 Å². The highest BCUT2D eigenvalue weighted by molar-refractivity contribution is 7.16. The molecule has 2 aromatic heterocycles. The highest BCUT2D eigenvalue weighted by Crippen LogP contribution is 2.32. The molecule has 0 saturated heterocycles. The number of aromatic nitrogens is 2. The van der Waals surface area contributed by atoms with Crippen LogP contribution >= 0.6 is 11.3 Å². The third kappa shape index (κ3) is 2.22. The first-order valence-electron chi connectivity index (χ1n) is 5.58. The lowest BCUT2D eigenvalue weighted by Crippen LogP contribution is -1.98. The molecule has 3 rings (SSSR count). The van der Waals surface area contributed by atoms with Crippen molar-refractivity contribution in [3.8, 4) is 11.6 Å². The van der Waals surface area contributed by atoms with Crippen LogP contribution in [-0.4, -0.2) is 9.97 Å². The van der Waals surface area contributed by atoms with Crippen LogP contribution in [0.1, 0.15) is 5.56 Å². The van der Waals surface area contributed by atoms with Crippen molar-refractivity contribution in [2.45, 2.75) is 6.92 Å². The Balaban J connectivity index is 2.07. The highest BCUT2D eigenvalue weighted by Gasteiger charge is 2.11. The molecular weight excluding hydrogens is 265 g/mol. The maximum atomic E-state index is 13.1. The van der Waals surface area contributed by atoms with Crippen LogP contribution in [0.25, 0.3) is 10.2 Å². The van der Waals surface area contributed by atoms with Gasteiger partial charge in [0.2, 0.25) is 11.8 Å². The normalized spacial score (nSPS) is 10.8. The van der Waals surface area contributed by atoms with E-state index in [0.29, 0.717) is 17.2 Å². The molecule has 19 heavy (non-hydrogen) atoms. The molecule has 0 radical (unpaired) electrons. The molecule has 0 amide bonds. The number of hydrogen-bond acceptors (Lipinski definition) is 5. The monoisotopic (exact) mass is 275 g/mol. The Bertz CT molecular complexity index is 757. The Labute approximate surface area is 112 Å². The number of ether oxygens (including phenoxy) is 1. The van der Waals surface area contributed by atoms with Gasteiger partial charge in [-0.2, -0.15) is 4.98 Å². The summed E-state index contributed by atoms with van der Waals surface area (Å²) >= 11 is 1.46. The predicted octanol–water partition coefficient (Wildman–Crippen LogP) is 3.51. The van der Waals surface area contributed by atoms with Crippen LogP contribution in [0, 0.1) is 12.7 Å². The summed E-state index contributed by atoms with van der Waals surface area (Å²) in [5.41, 5.74) is 6.34. The number of halogens is 1. The van der Waals surface area contributed by atoms with Crippen molar-refractivity contribution in [1.82, 2.24) is 9.97 Å². The summed E-state index contributed by atoms with van der Waals surface area (Å²) in [4.78, 5) is 8.98. The van der Waals surface area contributed by atoms with E-state index in [-0.39, 0.29) is 11.8 Å². The number of hydrogen-bond donors (Lipinski definition) is 1. The fourth-order valence-electron chi connectivity index (χ4n) is 1.75. The van der Waals surface area contributed by atoms with Crippen molar-refractivity contribution < 1.29 is 9.13 Å². The molecule has 0 bridgehead atoms. The Morgan fingerprint density at radius 1 is 1.26 bits per heavy atom. The molecule has 0 fully saturated rings. The average molecular weight is 275 g/mol. The number of nitrogen functional groups attached to an aromatic ring is 1. The van der Waals surface area contributed by atoms with E-state index in [1.165, 1.54) is 23.5 Å². The zero-order valence-electron chi connectivity index (χ0n) is 10.1. The third-order valence-electron chi connectivity index (χ3n) is 2.65. The molecular formula is C13H10FN3OS. The van der Waals surface area contributed by atoms with Gasteiger partial charge in [0.05, 0.1) is 5.39 Å². The summed E-state index contributed by atoms with van der Waals surface area (Å²) in [6.07, 6.45) is 0. The van der Waals surface area contributed by atoms with Crippen LogP contribution < -0.4 is 10.5 Å². The van der Waals surface area contributed by atoms with Gasteiger partial charge < -0.3 is 10.5 Å². The van der Waals surface area contributed by atoms with E-state index in [9.17, 15) is 4.39 Å². The molecule has 3 aromatic rings. The molecule has 0 saturated carbocycles. The standard InChI is InChI=1S/C13H10FN3OS/c1-7-6-8(14)2-3-10(7)18-11-9-4-5-19-12(9)17-13(15)16-11/h2-6H,1H3,(H2,15,16,17). The minimum atomic E-state index is -0.298. The molecule has 6 heteroatoms. The van der Waals surface area contributed by atoms with Gasteiger partial charge in [-0.1, -0.05) is 0 Å². The molecule has 0 unspecified atom stereocenters. The maximum Gasteiger partial charge on any atom is 0.232 e. The van der Waals surface area contributed by atoms with Crippen molar-refractivity contribution in [1.29, 1.82) is 0 Å². The molecule has 0 aliphatic carbocycles. The van der Waals surface area contributed by atoms with E-state index < -0.39 is 0 Å². The first-order valence-corrected chi connectivity index (χ1v) is 6.46. The second-order valence-electron chi connectivity index (χ2n) is 4.04. The molecule has 2 heterocycles. The summed E-state index contributed by atoms with van der Waals surface area (Å²) in [6.45, 7) is 1.77. The zero-order chi connectivity index (χ0) is 13.4. The fourth-order valence-corrected chi connectivity index (χ4v) is 2.51. The van der Waals surface area contributed by atoms with Crippen molar-refractivity contribution in [3.05, 3.63) is 41.0 Å². The van der Waals surface area contributed by atoms with Gasteiger partial charge in [0.25, 0.3) is 0 Å². The van der Waals surface area contributed by atoms with Gasteiger partial charge in [-0.05, 0) is 42.1 Å². The fraction of sp³-hybridized carbons (Fsp3) is 0.0769. The summed E-state index contributed by atoms with van der Waals surface area (Å²) in [7, 11) is 0. The van der Waals surface area contributed by atoms with E-state index in [2.05, 4.69) is 9.97 Å². The smallest absolute Gasteiger partial charge is 0.232 e. The van der Waals surface area contributed by atoms with E-state index in [1.54, 1.807) is 13.0 Å². The predicted molar refractivity (Wildman–Crippen MR) is 73.0 cm³/mol. The molecule has 2 N–H and O–H groups in total. The minimum absolute atomic E-state index is 0.157. The first-order chi connectivity index (χ1) is 9.13. The van der Waals surface area contributed by atoms with Crippen LogP contribution in [0.15, 0.2) is 29.6 Å². The highest BCUT2D eigenvalue weighted by atomic mass is 32.1. The van der Waals surface area contributed by atoms with Crippen LogP contribution in [-0.2, 0) is 0 Å². The zero-order valence-corrected chi connectivity index (χ0v) is 10.9. The third-order valence-corrected chi connectivity index (χ3v) is 3.46. The molecule has 0 aliphatic heterocycles. The number of fused-ring (bicyclic) bond motifs is 1. The number of anilines is 1. The summed E-state index contributed by atoms with van der Waals surface area (Å²) < 4.78 is 18.8. The summed E-state index contributed by atoms with van der Waals surface area (Å²) in [5.74, 6) is 0.794. The molecule has 96 valence electrons. The van der Waals surface area contributed by atoms with E-state index >= 15 is 0 Å². The van der Waals surface area contributed by atoms with Crippen LogP contribution in [0.2, 0.25) is 0 Å². The van der Waals surface area contributed by atoms with E-state index in [4.69, 9.17) is 10.5 Å². The van der Waals surface area contributed by atoms with Gasteiger partial charge in [0, 0.05) is 0 Å². The molecule has 4 nitrogen and oxygen atoms in total. The van der Waals surface area contributed by atoms with Gasteiger partial charge in [-0.25, -0.2) is 9.37 Å². The van der Waals surface area contributed by atoms with Gasteiger partial charge in [0.15, 0.2) is 0 Å². The number of nitrogens with zero attached hydrogens (tertiary/aromatic N) is 2. The molecule has 0 spiro atoms. The summed E-state index contributed by atoms with van der Waals surface area (Å²) in [5, 5.41) is 2.69. The first kappa shape index (κ1) is 11.9. The van der Waals surface area contributed by atoms with Crippen molar-refractivity contribution in [2.75, 3.05) is 5.73 Å². The lowest BCUT2D eigenvalue weighted by molar-refractivity contribution is 0.464. The lowest BCUT2D eigenvalue weighted by atomic mass is 10.2.